The molecule has 0 bridgehead atoms. The SMILES string of the molecule is [2H]C([2H])([2H])N(CNc1cc(-c2c(C(C)C)cc(C(C)C)cc2C(C)C)cc(N2CN(C([2H])([2H])[2H])c3ccccc32)c1)c1ccccc1C. The number of benzene rings is 4. The maximum absolute atomic E-state index is 8.36. The van der Waals surface area contributed by atoms with Gasteiger partial charge in [0.05, 0.1) is 24.7 Å². The molecule has 4 nitrogen and oxygen atoms in total. The van der Waals surface area contributed by atoms with Gasteiger partial charge in [-0.2, -0.15) is 0 Å². The van der Waals surface area contributed by atoms with E-state index in [2.05, 4.69) is 71.1 Å². The second-order valence-corrected chi connectivity index (χ2v) is 12.3. The summed E-state index contributed by atoms with van der Waals surface area (Å²) in [5, 5.41) is 3.46. The fourth-order valence-electron chi connectivity index (χ4n) is 5.86. The van der Waals surface area contributed by atoms with Gasteiger partial charge < -0.3 is 20.0 Å². The smallest absolute Gasteiger partial charge is 0.0950 e. The van der Waals surface area contributed by atoms with Gasteiger partial charge in [-0.05, 0) is 94.5 Å². The molecule has 1 aliphatic heterocycles. The molecule has 220 valence electrons. The van der Waals surface area contributed by atoms with E-state index in [9.17, 15) is 0 Å². The van der Waals surface area contributed by atoms with E-state index in [4.69, 9.17) is 8.22 Å². The van der Waals surface area contributed by atoms with E-state index in [-0.39, 0.29) is 25.2 Å². The van der Waals surface area contributed by atoms with Crippen molar-refractivity contribution in [3.63, 3.8) is 0 Å². The lowest BCUT2D eigenvalue weighted by Crippen LogP contribution is -2.26. The molecule has 0 amide bonds. The highest BCUT2D eigenvalue weighted by Gasteiger charge is 2.26. The standard InChI is InChI=1S/C38H48N4/c1-25(2)29-20-33(26(3)4)38(34(21-29)27(5)6)30-18-31(39-23-40(8)35-15-11-10-14-28(35)7)22-32(19-30)42-24-41(9)36-16-12-13-17-37(36)42/h10-22,25-27,39H,23-24H2,1-9H3/i8D3,9D3. The molecule has 1 N–H and O–H groups in total. The Morgan fingerprint density at radius 2 is 1.48 bits per heavy atom. The first-order chi connectivity index (χ1) is 22.5. The van der Waals surface area contributed by atoms with Gasteiger partial charge in [0.2, 0.25) is 0 Å². The van der Waals surface area contributed by atoms with Crippen LogP contribution in [0.4, 0.5) is 28.4 Å². The first-order valence-electron chi connectivity index (χ1n) is 18.0. The van der Waals surface area contributed by atoms with Gasteiger partial charge in [-0.25, -0.2) is 0 Å². The summed E-state index contributed by atoms with van der Waals surface area (Å²) >= 11 is 0. The van der Waals surface area contributed by atoms with Gasteiger partial charge in [0.15, 0.2) is 0 Å². The van der Waals surface area contributed by atoms with Crippen LogP contribution >= 0.6 is 0 Å². The zero-order valence-corrected chi connectivity index (χ0v) is 26.0. The van der Waals surface area contributed by atoms with Crippen molar-refractivity contribution in [2.75, 3.05) is 47.3 Å². The van der Waals surface area contributed by atoms with Crippen molar-refractivity contribution in [2.24, 2.45) is 0 Å². The second kappa shape index (κ2) is 12.1. The van der Waals surface area contributed by atoms with Crippen LogP contribution in [0.2, 0.25) is 0 Å². The highest BCUT2D eigenvalue weighted by atomic mass is 15.4. The van der Waals surface area contributed by atoms with Crippen LogP contribution in [0.3, 0.4) is 0 Å². The van der Waals surface area contributed by atoms with E-state index in [0.717, 1.165) is 28.2 Å². The van der Waals surface area contributed by atoms with Gasteiger partial charge in [-0.1, -0.05) is 84.0 Å². The molecule has 0 radical (unpaired) electrons. The number of para-hydroxylation sites is 3. The van der Waals surface area contributed by atoms with E-state index in [1.165, 1.54) is 32.1 Å². The Labute approximate surface area is 262 Å². The quantitative estimate of drug-likeness (QED) is 0.203. The summed E-state index contributed by atoms with van der Waals surface area (Å²) in [6.45, 7) is 10.7. The number of anilines is 5. The Morgan fingerprint density at radius 3 is 2.10 bits per heavy atom. The third-order valence-corrected chi connectivity index (χ3v) is 8.24. The van der Waals surface area contributed by atoms with Gasteiger partial charge in [0.1, 0.15) is 0 Å². The van der Waals surface area contributed by atoms with Crippen molar-refractivity contribution in [1.29, 1.82) is 0 Å². The Hall–Kier alpha value is -3.92. The van der Waals surface area contributed by atoms with Crippen molar-refractivity contribution in [3.05, 3.63) is 101 Å². The highest BCUT2D eigenvalue weighted by Crippen LogP contribution is 2.44. The third kappa shape index (κ3) is 5.86. The molecule has 0 atom stereocenters. The lowest BCUT2D eigenvalue weighted by molar-refractivity contribution is 0.807. The average Bonchev–Trinajstić information content (AvgIpc) is 3.41. The molecule has 0 unspecified atom stereocenters. The molecule has 4 aromatic carbocycles. The van der Waals surface area contributed by atoms with E-state index < -0.39 is 14.0 Å². The Bertz CT molecular complexity index is 1730. The number of rotatable bonds is 9. The summed E-state index contributed by atoms with van der Waals surface area (Å²) < 4.78 is 49.9. The molecule has 1 heterocycles. The molecule has 0 saturated carbocycles. The molecule has 0 spiro atoms. The Kier molecular flexibility index (Phi) is 6.54. The Morgan fingerprint density at radius 1 is 0.810 bits per heavy atom. The minimum absolute atomic E-state index is 0.0442. The number of fused-ring (bicyclic) bond motifs is 1. The number of aryl methyl sites for hydroxylation is 1. The van der Waals surface area contributed by atoms with Crippen LogP contribution in [0.5, 0.6) is 0 Å². The fraction of sp³-hybridized carbons (Fsp3) is 0.368. The van der Waals surface area contributed by atoms with Gasteiger partial charge >= 0.3 is 0 Å². The molecule has 42 heavy (non-hydrogen) atoms. The summed E-state index contributed by atoms with van der Waals surface area (Å²) in [7, 11) is 0. The molecular weight excluding hydrogens is 512 g/mol. The lowest BCUT2D eigenvalue weighted by Gasteiger charge is -2.27. The van der Waals surface area contributed by atoms with Crippen molar-refractivity contribution < 1.29 is 8.22 Å². The molecule has 0 fully saturated rings. The van der Waals surface area contributed by atoms with Crippen LogP contribution in [0.25, 0.3) is 11.1 Å². The summed E-state index contributed by atoms with van der Waals surface area (Å²) in [6.07, 6.45) is 0. The van der Waals surface area contributed by atoms with E-state index in [1.807, 2.05) is 66.4 Å². The van der Waals surface area contributed by atoms with Crippen LogP contribution < -0.4 is 20.0 Å². The van der Waals surface area contributed by atoms with Gasteiger partial charge in [-0.3, -0.25) is 0 Å². The zero-order valence-electron chi connectivity index (χ0n) is 32.0. The number of nitrogens with one attached hydrogen (secondary N) is 1. The van der Waals surface area contributed by atoms with Gasteiger partial charge in [0.25, 0.3) is 0 Å². The van der Waals surface area contributed by atoms with Crippen molar-refractivity contribution in [3.8, 4) is 11.1 Å². The van der Waals surface area contributed by atoms with Gasteiger partial charge in [-0.15, -0.1) is 0 Å². The normalized spacial score (nSPS) is 15.7. The molecule has 4 heteroatoms. The summed E-state index contributed by atoms with van der Waals surface area (Å²) in [5.41, 5.74) is 10.5. The maximum Gasteiger partial charge on any atom is 0.0950 e. The molecular formula is C38H48N4. The number of hydrogen-bond acceptors (Lipinski definition) is 4. The van der Waals surface area contributed by atoms with Crippen LogP contribution in [0, 0.1) is 6.92 Å². The number of hydrogen-bond donors (Lipinski definition) is 1. The largest absolute Gasteiger partial charge is 0.368 e. The summed E-state index contributed by atoms with van der Waals surface area (Å²) in [6, 6.07) is 26.0. The predicted molar refractivity (Wildman–Crippen MR) is 184 cm³/mol. The first kappa shape index (κ1) is 22.6. The van der Waals surface area contributed by atoms with E-state index >= 15 is 0 Å². The predicted octanol–water partition coefficient (Wildman–Crippen LogP) is 10.1. The zero-order chi connectivity index (χ0) is 35.1. The first-order valence-corrected chi connectivity index (χ1v) is 15.0. The van der Waals surface area contributed by atoms with Crippen molar-refractivity contribution >= 4 is 28.4 Å². The van der Waals surface area contributed by atoms with Crippen molar-refractivity contribution in [2.45, 2.75) is 66.2 Å². The molecule has 4 aromatic rings. The fourth-order valence-corrected chi connectivity index (χ4v) is 5.86. The third-order valence-electron chi connectivity index (χ3n) is 8.24. The van der Waals surface area contributed by atoms with Crippen LogP contribution in [-0.4, -0.2) is 27.3 Å². The van der Waals surface area contributed by atoms with Crippen LogP contribution in [0.1, 0.15) is 89.8 Å². The molecule has 0 saturated heterocycles. The van der Waals surface area contributed by atoms with Gasteiger partial charge in [0, 0.05) is 39.2 Å². The second-order valence-electron chi connectivity index (χ2n) is 12.3. The maximum atomic E-state index is 8.36. The summed E-state index contributed by atoms with van der Waals surface area (Å²) in [5.74, 6) is 0.876. The Balaban J connectivity index is 1.70. The lowest BCUT2D eigenvalue weighted by atomic mass is 9.81. The molecule has 1 aliphatic rings. The minimum Gasteiger partial charge on any atom is -0.368 e. The van der Waals surface area contributed by atoms with Crippen molar-refractivity contribution in [1.82, 2.24) is 0 Å². The topological polar surface area (TPSA) is 21.8 Å². The van der Waals surface area contributed by atoms with Crippen LogP contribution in [0.15, 0.2) is 78.9 Å². The average molecular weight is 567 g/mol. The molecule has 0 aliphatic carbocycles. The van der Waals surface area contributed by atoms with E-state index in [1.54, 1.807) is 0 Å². The van der Waals surface area contributed by atoms with Crippen LogP contribution in [-0.2, 0) is 0 Å². The minimum atomic E-state index is -2.38. The molecule has 0 aromatic heterocycles. The highest BCUT2D eigenvalue weighted by molar-refractivity contribution is 5.86. The summed E-state index contributed by atoms with van der Waals surface area (Å²) in [4.78, 5) is 4.89. The van der Waals surface area contributed by atoms with E-state index in [0.29, 0.717) is 17.3 Å². The number of nitrogens with zero attached hydrogens (tertiary/aromatic N) is 3. The molecule has 5 rings (SSSR count). The monoisotopic (exact) mass is 566 g/mol.